The molecule has 0 bridgehead atoms. The fraction of sp³-hybridized carbons (Fsp3) is 0.217. The fourth-order valence-corrected chi connectivity index (χ4v) is 6.68. The number of ketones is 1. The van der Waals surface area contributed by atoms with Crippen LogP contribution in [-0.4, -0.2) is 37.6 Å². The highest BCUT2D eigenvalue weighted by molar-refractivity contribution is 7.91. The molecule has 6 nitrogen and oxygen atoms in total. The van der Waals surface area contributed by atoms with Gasteiger partial charge in [-0.1, -0.05) is 54.1 Å². The Bertz CT molecular complexity index is 1240. The summed E-state index contributed by atoms with van der Waals surface area (Å²) in [6.45, 7) is -0.179. The Hall–Kier alpha value is -2.52. The Morgan fingerprint density at radius 3 is 2.66 bits per heavy atom. The van der Waals surface area contributed by atoms with Gasteiger partial charge in [0.2, 0.25) is 0 Å². The third-order valence-electron chi connectivity index (χ3n) is 5.29. The minimum absolute atomic E-state index is 0.190. The van der Waals surface area contributed by atoms with Crippen molar-refractivity contribution in [1.29, 1.82) is 0 Å². The minimum atomic E-state index is -3.77. The van der Waals surface area contributed by atoms with Gasteiger partial charge >= 0.3 is 5.97 Å². The molecule has 2 heterocycles. The first kappa shape index (κ1) is 22.7. The minimum Gasteiger partial charge on any atom is -0.457 e. The van der Waals surface area contributed by atoms with Crippen LogP contribution in [-0.2, 0) is 26.0 Å². The van der Waals surface area contributed by atoms with Crippen LogP contribution in [0.3, 0.4) is 0 Å². The highest BCUT2D eigenvalue weighted by atomic mass is 35.5. The predicted molar refractivity (Wildman–Crippen MR) is 122 cm³/mol. The van der Waals surface area contributed by atoms with Crippen molar-refractivity contribution in [2.45, 2.75) is 23.1 Å². The van der Waals surface area contributed by atoms with Crippen LogP contribution in [0.4, 0.5) is 0 Å². The molecule has 32 heavy (non-hydrogen) atoms. The van der Waals surface area contributed by atoms with Crippen molar-refractivity contribution in [3.05, 3.63) is 87.8 Å². The molecular weight excluding hydrogens is 470 g/mol. The Balaban J connectivity index is 1.53. The summed E-state index contributed by atoms with van der Waals surface area (Å²) < 4.78 is 33.3. The number of benzene rings is 2. The Morgan fingerprint density at radius 1 is 1.09 bits per heavy atom. The number of fused-ring (bicyclic) bond motifs is 1. The number of ether oxygens (including phenoxy) is 1. The quantitative estimate of drug-likeness (QED) is 0.360. The van der Waals surface area contributed by atoms with E-state index in [1.54, 1.807) is 35.7 Å². The summed E-state index contributed by atoms with van der Waals surface area (Å²) in [5, 5.41) is 2.12. The molecule has 0 saturated carbocycles. The first-order valence-electron chi connectivity index (χ1n) is 9.94. The van der Waals surface area contributed by atoms with Crippen LogP contribution in [0.2, 0.25) is 5.02 Å². The average molecular weight is 490 g/mol. The molecule has 0 spiro atoms. The summed E-state index contributed by atoms with van der Waals surface area (Å²) in [7, 11) is -3.77. The van der Waals surface area contributed by atoms with Crippen LogP contribution in [0.5, 0.6) is 0 Å². The van der Waals surface area contributed by atoms with Crippen LogP contribution in [0.15, 0.2) is 70.3 Å². The number of sulfonamides is 1. The first-order chi connectivity index (χ1) is 15.4. The van der Waals surface area contributed by atoms with Crippen molar-refractivity contribution < 1.29 is 22.7 Å². The van der Waals surface area contributed by atoms with Gasteiger partial charge in [-0.25, -0.2) is 8.42 Å². The molecule has 0 fully saturated rings. The topological polar surface area (TPSA) is 80.8 Å². The van der Waals surface area contributed by atoms with Crippen LogP contribution in [0.1, 0.15) is 33.9 Å². The fourth-order valence-electron chi connectivity index (χ4n) is 3.76. The molecule has 1 atom stereocenters. The molecule has 1 aromatic heterocycles. The van der Waals surface area contributed by atoms with E-state index in [0.29, 0.717) is 17.0 Å². The SMILES string of the molecule is O=C(C[C@H]1c2ccccc2CCN1S(=O)(=O)c1cccs1)OCC(=O)c1cccc(Cl)c1. The number of hydrogen-bond donors (Lipinski definition) is 0. The van der Waals surface area contributed by atoms with Crippen molar-refractivity contribution in [1.82, 2.24) is 4.31 Å². The van der Waals surface area contributed by atoms with Crippen molar-refractivity contribution in [3.8, 4) is 0 Å². The third kappa shape index (κ3) is 4.78. The number of carbonyl (C=O) groups excluding carboxylic acids is 2. The van der Waals surface area contributed by atoms with Crippen molar-refractivity contribution >= 4 is 44.7 Å². The molecule has 3 aromatic rings. The molecule has 0 amide bonds. The Labute approximate surface area is 195 Å². The van der Waals surface area contributed by atoms with Gasteiger partial charge in [0.1, 0.15) is 4.21 Å². The van der Waals surface area contributed by atoms with Gasteiger partial charge in [-0.2, -0.15) is 4.31 Å². The second-order valence-electron chi connectivity index (χ2n) is 7.31. The molecule has 9 heteroatoms. The number of esters is 1. The van der Waals surface area contributed by atoms with E-state index < -0.39 is 28.6 Å². The van der Waals surface area contributed by atoms with Crippen LogP contribution in [0.25, 0.3) is 0 Å². The molecule has 166 valence electrons. The zero-order valence-corrected chi connectivity index (χ0v) is 19.3. The predicted octanol–water partition coefficient (Wildman–Crippen LogP) is 4.51. The van der Waals surface area contributed by atoms with Crippen molar-refractivity contribution in [2.75, 3.05) is 13.2 Å². The molecule has 0 unspecified atom stereocenters. The van der Waals surface area contributed by atoms with Gasteiger partial charge in [0.25, 0.3) is 10.0 Å². The van der Waals surface area contributed by atoms with E-state index in [1.165, 1.54) is 10.4 Å². The standard InChI is InChI=1S/C23H20ClNO5S2/c24-18-7-3-6-17(13-18)21(26)15-30-22(27)14-20-19-8-2-1-5-16(19)10-11-25(20)32(28,29)23-9-4-12-31-23/h1-9,12-13,20H,10-11,14-15H2/t20-/m0/s1. The molecule has 2 aromatic carbocycles. The average Bonchev–Trinajstić information content (AvgIpc) is 3.33. The van der Waals surface area contributed by atoms with Crippen LogP contribution < -0.4 is 0 Å². The number of carbonyl (C=O) groups is 2. The van der Waals surface area contributed by atoms with Crippen LogP contribution >= 0.6 is 22.9 Å². The second kappa shape index (κ2) is 9.54. The van der Waals surface area contributed by atoms with E-state index in [1.807, 2.05) is 24.3 Å². The maximum atomic E-state index is 13.3. The number of thiophene rings is 1. The third-order valence-corrected chi connectivity index (χ3v) is 8.81. The van der Waals surface area contributed by atoms with Crippen molar-refractivity contribution in [2.24, 2.45) is 0 Å². The van der Waals surface area contributed by atoms with Gasteiger partial charge in [0.15, 0.2) is 12.4 Å². The highest BCUT2D eigenvalue weighted by Crippen LogP contribution is 2.37. The summed E-state index contributed by atoms with van der Waals surface area (Å²) in [6, 6.07) is 16.4. The summed E-state index contributed by atoms with van der Waals surface area (Å²) in [5.41, 5.74) is 2.12. The van der Waals surface area contributed by atoms with Crippen LogP contribution in [0, 0.1) is 0 Å². The molecule has 0 saturated heterocycles. The summed E-state index contributed by atoms with van der Waals surface area (Å²) in [4.78, 5) is 25.0. The lowest BCUT2D eigenvalue weighted by molar-refractivity contribution is -0.143. The number of Topliss-reactive ketones (excluding diaryl/α,β-unsaturated/α-hetero) is 1. The zero-order chi connectivity index (χ0) is 22.7. The number of rotatable bonds is 7. The Morgan fingerprint density at radius 2 is 1.91 bits per heavy atom. The molecule has 0 N–H and O–H groups in total. The molecule has 0 radical (unpaired) electrons. The molecular formula is C23H20ClNO5S2. The Kier molecular flexibility index (Phi) is 6.76. The van der Waals surface area contributed by atoms with Gasteiger partial charge in [-0.15, -0.1) is 11.3 Å². The maximum Gasteiger partial charge on any atom is 0.308 e. The normalized spacial score (nSPS) is 16.3. The lowest BCUT2D eigenvalue weighted by atomic mass is 9.92. The largest absolute Gasteiger partial charge is 0.457 e. The summed E-state index contributed by atoms with van der Waals surface area (Å²) in [6.07, 6.45) is 0.365. The van der Waals surface area contributed by atoms with Gasteiger partial charge in [-0.3, -0.25) is 9.59 Å². The van der Waals surface area contributed by atoms with Gasteiger partial charge in [-0.05, 0) is 41.1 Å². The maximum absolute atomic E-state index is 13.3. The van der Waals surface area contributed by atoms with Crippen molar-refractivity contribution in [3.63, 3.8) is 0 Å². The first-order valence-corrected chi connectivity index (χ1v) is 12.6. The number of nitrogens with zero attached hydrogens (tertiary/aromatic N) is 1. The lowest BCUT2D eigenvalue weighted by Gasteiger charge is -2.35. The van der Waals surface area contributed by atoms with E-state index >= 15 is 0 Å². The molecule has 0 aliphatic carbocycles. The highest BCUT2D eigenvalue weighted by Gasteiger charge is 2.38. The van der Waals surface area contributed by atoms with Gasteiger partial charge in [0, 0.05) is 17.1 Å². The van der Waals surface area contributed by atoms with E-state index in [0.717, 1.165) is 22.5 Å². The van der Waals surface area contributed by atoms with Gasteiger partial charge < -0.3 is 4.74 Å². The summed E-state index contributed by atoms with van der Waals surface area (Å²) >= 11 is 7.05. The van der Waals surface area contributed by atoms with E-state index in [2.05, 4.69) is 0 Å². The molecule has 1 aliphatic heterocycles. The lowest BCUT2D eigenvalue weighted by Crippen LogP contribution is -2.41. The van der Waals surface area contributed by atoms with E-state index in [-0.39, 0.29) is 23.0 Å². The molecule has 4 rings (SSSR count). The number of halogens is 1. The monoisotopic (exact) mass is 489 g/mol. The zero-order valence-electron chi connectivity index (χ0n) is 16.9. The second-order valence-corrected chi connectivity index (χ2v) is 10.8. The number of hydrogen-bond acceptors (Lipinski definition) is 6. The van der Waals surface area contributed by atoms with E-state index in [4.69, 9.17) is 16.3 Å². The summed E-state index contributed by atoms with van der Waals surface area (Å²) in [5.74, 6) is -1.03. The van der Waals surface area contributed by atoms with Gasteiger partial charge in [0.05, 0.1) is 12.5 Å². The smallest absolute Gasteiger partial charge is 0.308 e. The van der Waals surface area contributed by atoms with E-state index in [9.17, 15) is 18.0 Å². The molecule has 1 aliphatic rings.